The Morgan fingerprint density at radius 3 is 2.41 bits per heavy atom. The molecular formula is C28H33N5O5S. The summed E-state index contributed by atoms with van der Waals surface area (Å²) in [6.07, 6.45) is 2.68. The molecule has 2 aromatic heterocycles. The number of aliphatic hydroxyl groups excluding tert-OH is 1. The first-order chi connectivity index (χ1) is 18.4. The Bertz CT molecular complexity index is 1570. The molecule has 4 aromatic rings. The Morgan fingerprint density at radius 2 is 1.79 bits per heavy atom. The van der Waals surface area contributed by atoms with Crippen LogP contribution in [0.5, 0.6) is 0 Å². The van der Waals surface area contributed by atoms with Crippen LogP contribution < -0.4 is 15.4 Å². The van der Waals surface area contributed by atoms with E-state index in [1.807, 2.05) is 25.1 Å². The number of aliphatic hydroxyl groups is 1. The molecule has 0 aliphatic carbocycles. The topological polar surface area (TPSA) is 151 Å². The zero-order chi connectivity index (χ0) is 28.3. The van der Waals surface area contributed by atoms with Crippen LogP contribution in [0.1, 0.15) is 40.2 Å². The minimum absolute atomic E-state index is 0.0588. The minimum atomic E-state index is -3.37. The van der Waals surface area contributed by atoms with Gasteiger partial charge in [0.15, 0.2) is 0 Å². The molecule has 2 heterocycles. The van der Waals surface area contributed by atoms with Crippen molar-refractivity contribution in [1.29, 1.82) is 0 Å². The summed E-state index contributed by atoms with van der Waals surface area (Å²) in [4.78, 5) is 16.1. The van der Waals surface area contributed by atoms with Crippen LogP contribution >= 0.6 is 0 Å². The molecule has 0 bridgehead atoms. The van der Waals surface area contributed by atoms with Gasteiger partial charge in [0.05, 0.1) is 18.0 Å². The summed E-state index contributed by atoms with van der Waals surface area (Å²) < 4.78 is 26.5. The van der Waals surface area contributed by atoms with Crippen molar-refractivity contribution in [2.24, 2.45) is 0 Å². The quantitative estimate of drug-likeness (QED) is 0.222. The molecule has 10 nitrogen and oxygen atoms in total. The SMILES string of the molecule is CC(Cc1ccc2c(c1)cc(C(=O)O)n2Cc1ccc(N(C)S(C)(=O)=O)cc1)NCC(O)c1ccc(N)nc1. The molecule has 39 heavy (non-hydrogen) atoms. The summed E-state index contributed by atoms with van der Waals surface area (Å²) >= 11 is 0. The summed E-state index contributed by atoms with van der Waals surface area (Å²) in [6, 6.07) is 18.0. The van der Waals surface area contributed by atoms with Gasteiger partial charge in [0, 0.05) is 48.8 Å². The molecular weight excluding hydrogens is 518 g/mol. The highest BCUT2D eigenvalue weighted by molar-refractivity contribution is 7.92. The first kappa shape index (κ1) is 28.1. The summed E-state index contributed by atoms with van der Waals surface area (Å²) in [7, 11) is -1.89. The number of carboxylic acids is 1. The van der Waals surface area contributed by atoms with Gasteiger partial charge in [0.25, 0.3) is 0 Å². The molecule has 11 heteroatoms. The number of anilines is 2. The number of hydrogen-bond donors (Lipinski definition) is 4. The second kappa shape index (κ2) is 11.4. The van der Waals surface area contributed by atoms with E-state index in [-0.39, 0.29) is 11.7 Å². The predicted molar refractivity (Wildman–Crippen MR) is 152 cm³/mol. The minimum Gasteiger partial charge on any atom is -0.477 e. The Balaban J connectivity index is 1.47. The van der Waals surface area contributed by atoms with E-state index in [0.29, 0.717) is 36.6 Å². The summed E-state index contributed by atoms with van der Waals surface area (Å²) in [5.41, 5.74) is 9.67. The number of carbonyl (C=O) groups is 1. The van der Waals surface area contributed by atoms with E-state index in [0.717, 1.165) is 28.3 Å². The summed E-state index contributed by atoms with van der Waals surface area (Å²) in [6.45, 7) is 2.70. The van der Waals surface area contributed by atoms with Crippen LogP contribution in [-0.2, 0) is 23.0 Å². The highest BCUT2D eigenvalue weighted by Crippen LogP contribution is 2.25. The van der Waals surface area contributed by atoms with Crippen molar-refractivity contribution in [3.8, 4) is 0 Å². The van der Waals surface area contributed by atoms with E-state index in [9.17, 15) is 23.4 Å². The number of hydrogen-bond acceptors (Lipinski definition) is 7. The highest BCUT2D eigenvalue weighted by atomic mass is 32.2. The smallest absolute Gasteiger partial charge is 0.352 e. The number of pyridine rings is 1. The molecule has 0 radical (unpaired) electrons. The van der Waals surface area contributed by atoms with E-state index in [2.05, 4.69) is 10.3 Å². The maximum Gasteiger partial charge on any atom is 0.352 e. The van der Waals surface area contributed by atoms with Crippen LogP contribution in [0.25, 0.3) is 10.9 Å². The molecule has 5 N–H and O–H groups in total. The lowest BCUT2D eigenvalue weighted by Crippen LogP contribution is -2.32. The molecule has 0 saturated carbocycles. The van der Waals surface area contributed by atoms with E-state index < -0.39 is 22.1 Å². The third-order valence-electron chi connectivity index (χ3n) is 6.72. The number of nitrogens with zero attached hydrogens (tertiary/aromatic N) is 3. The van der Waals surface area contributed by atoms with E-state index in [4.69, 9.17) is 5.73 Å². The van der Waals surface area contributed by atoms with Gasteiger partial charge in [-0.05, 0) is 60.9 Å². The van der Waals surface area contributed by atoms with E-state index in [1.54, 1.807) is 53.2 Å². The molecule has 0 aliphatic rings. The average molecular weight is 552 g/mol. The normalized spacial score (nSPS) is 13.3. The van der Waals surface area contributed by atoms with Crippen LogP contribution in [0.2, 0.25) is 0 Å². The number of nitrogens with one attached hydrogen (secondary N) is 1. The number of sulfonamides is 1. The molecule has 206 valence electrons. The molecule has 2 atom stereocenters. The zero-order valence-corrected chi connectivity index (χ0v) is 22.9. The van der Waals surface area contributed by atoms with Gasteiger partial charge in [-0.2, -0.15) is 0 Å². The average Bonchev–Trinajstić information content (AvgIpc) is 3.25. The second-order valence-electron chi connectivity index (χ2n) is 9.76. The highest BCUT2D eigenvalue weighted by Gasteiger charge is 2.17. The third-order valence-corrected chi connectivity index (χ3v) is 7.92. The van der Waals surface area contributed by atoms with Gasteiger partial charge < -0.3 is 25.8 Å². The third kappa shape index (κ3) is 6.75. The molecule has 0 aliphatic heterocycles. The molecule has 2 unspecified atom stereocenters. The van der Waals surface area contributed by atoms with Gasteiger partial charge in [-0.1, -0.05) is 24.3 Å². The lowest BCUT2D eigenvalue weighted by atomic mass is 10.0. The van der Waals surface area contributed by atoms with Crippen LogP contribution in [0, 0.1) is 0 Å². The van der Waals surface area contributed by atoms with Crippen molar-refractivity contribution in [3.05, 3.63) is 89.2 Å². The van der Waals surface area contributed by atoms with Gasteiger partial charge in [-0.25, -0.2) is 18.2 Å². The molecule has 0 saturated heterocycles. The zero-order valence-electron chi connectivity index (χ0n) is 22.1. The Labute approximate surface area is 227 Å². The maximum atomic E-state index is 12.0. The van der Waals surface area contributed by atoms with Crippen molar-refractivity contribution in [1.82, 2.24) is 14.9 Å². The lowest BCUT2D eigenvalue weighted by Gasteiger charge is -2.18. The van der Waals surface area contributed by atoms with Gasteiger partial charge in [-0.3, -0.25) is 4.31 Å². The second-order valence-corrected chi connectivity index (χ2v) is 11.8. The molecule has 4 rings (SSSR count). The number of aromatic carboxylic acids is 1. The van der Waals surface area contributed by atoms with Crippen LogP contribution in [0.15, 0.2) is 66.9 Å². The van der Waals surface area contributed by atoms with E-state index >= 15 is 0 Å². The molecule has 0 amide bonds. The van der Waals surface area contributed by atoms with Crippen LogP contribution in [0.4, 0.5) is 11.5 Å². The standard InChI is InChI=1S/C28H33N5O5S/c1-18(30-16-26(34)21-7-11-27(29)31-15-21)12-20-6-10-24-22(13-20)14-25(28(35)36)33(24)17-19-4-8-23(9-5-19)32(2)39(3,37)38/h4-11,13-15,18,26,30,34H,12,16-17H2,1-3H3,(H2,29,31)(H,35,36). The van der Waals surface area contributed by atoms with Gasteiger partial charge >= 0.3 is 5.97 Å². The first-order valence-electron chi connectivity index (χ1n) is 12.4. The van der Waals surface area contributed by atoms with Gasteiger partial charge in [-0.15, -0.1) is 0 Å². The number of benzene rings is 2. The molecule has 0 spiro atoms. The number of carboxylic acid groups (broad SMARTS) is 1. The number of nitrogens with two attached hydrogens (primary N) is 1. The van der Waals surface area contributed by atoms with Gasteiger partial charge in [0.1, 0.15) is 11.5 Å². The largest absolute Gasteiger partial charge is 0.477 e. The predicted octanol–water partition coefficient (Wildman–Crippen LogP) is 3.02. The Kier molecular flexibility index (Phi) is 8.24. The fourth-order valence-corrected chi connectivity index (χ4v) is 4.96. The fraction of sp³-hybridized carbons (Fsp3) is 0.286. The first-order valence-corrected chi connectivity index (χ1v) is 14.3. The molecule has 2 aromatic carbocycles. The maximum absolute atomic E-state index is 12.0. The number of nitrogen functional groups attached to an aromatic ring is 1. The van der Waals surface area contributed by atoms with Crippen molar-refractivity contribution in [2.75, 3.05) is 29.9 Å². The fourth-order valence-electron chi connectivity index (χ4n) is 4.45. The van der Waals surface area contributed by atoms with Gasteiger partial charge in [0.2, 0.25) is 10.0 Å². The van der Waals surface area contributed by atoms with E-state index in [1.165, 1.54) is 11.4 Å². The monoisotopic (exact) mass is 551 g/mol. The van der Waals surface area contributed by atoms with Crippen molar-refractivity contribution in [3.63, 3.8) is 0 Å². The van der Waals surface area contributed by atoms with Crippen LogP contribution in [-0.4, -0.2) is 60.0 Å². The van der Waals surface area contributed by atoms with Crippen molar-refractivity contribution >= 4 is 38.4 Å². The number of rotatable bonds is 11. The van der Waals surface area contributed by atoms with Crippen LogP contribution in [0.3, 0.4) is 0 Å². The Morgan fingerprint density at radius 1 is 1.10 bits per heavy atom. The van der Waals surface area contributed by atoms with Crippen molar-refractivity contribution in [2.45, 2.75) is 32.0 Å². The Hall–Kier alpha value is -3.93. The lowest BCUT2D eigenvalue weighted by molar-refractivity contribution is 0.0686. The number of aromatic nitrogens is 2. The summed E-state index contributed by atoms with van der Waals surface area (Å²) in [5.74, 6) is -0.625. The van der Waals surface area contributed by atoms with Crippen molar-refractivity contribution < 1.29 is 23.4 Å². The summed E-state index contributed by atoms with van der Waals surface area (Å²) in [5, 5.41) is 24.4. The molecule has 0 fully saturated rings. The number of fused-ring (bicyclic) bond motifs is 1.